The summed E-state index contributed by atoms with van der Waals surface area (Å²) >= 11 is 0. The highest BCUT2D eigenvalue weighted by Gasteiger charge is 2.35. The summed E-state index contributed by atoms with van der Waals surface area (Å²) in [6.07, 6.45) is 1.35. The molecule has 3 atom stereocenters. The van der Waals surface area contributed by atoms with E-state index in [0.717, 1.165) is 25.2 Å². The number of piperidine rings is 1. The second-order valence-electron chi connectivity index (χ2n) is 8.96. The molecule has 3 unspecified atom stereocenters. The van der Waals surface area contributed by atoms with Crippen LogP contribution >= 0.6 is 0 Å². The van der Waals surface area contributed by atoms with Crippen LogP contribution in [-0.4, -0.2) is 42.3 Å². The Hall–Kier alpha value is -3.15. The van der Waals surface area contributed by atoms with E-state index in [1.807, 2.05) is 35.2 Å². The molecule has 0 bridgehead atoms. The minimum atomic E-state index is -0.398. The van der Waals surface area contributed by atoms with Gasteiger partial charge in [-0.2, -0.15) is 0 Å². The lowest BCUT2D eigenvalue weighted by Gasteiger charge is -2.35. The smallest absolute Gasteiger partial charge is 0.253 e. The van der Waals surface area contributed by atoms with Gasteiger partial charge < -0.3 is 15.1 Å². The summed E-state index contributed by atoms with van der Waals surface area (Å²) in [5, 5.41) is 2.89. The normalized spacial score (nSPS) is 23.7. The lowest BCUT2D eigenvalue weighted by molar-refractivity contribution is -0.122. The monoisotopic (exact) mass is 419 g/mol. The number of benzene rings is 2. The van der Waals surface area contributed by atoms with E-state index in [1.165, 1.54) is 0 Å². The van der Waals surface area contributed by atoms with Crippen molar-refractivity contribution < 1.29 is 14.4 Å². The third-order valence-corrected chi connectivity index (χ3v) is 6.12. The van der Waals surface area contributed by atoms with Gasteiger partial charge in [0.1, 0.15) is 0 Å². The predicted molar refractivity (Wildman–Crippen MR) is 121 cm³/mol. The largest absolute Gasteiger partial charge is 0.338 e. The summed E-state index contributed by atoms with van der Waals surface area (Å²) in [7, 11) is 0. The molecule has 6 nitrogen and oxygen atoms in total. The quantitative estimate of drug-likeness (QED) is 0.820. The van der Waals surface area contributed by atoms with Crippen molar-refractivity contribution in [2.24, 2.45) is 17.8 Å². The minimum Gasteiger partial charge on any atom is -0.338 e. The Balaban J connectivity index is 1.36. The van der Waals surface area contributed by atoms with Gasteiger partial charge in [0, 0.05) is 43.0 Å². The molecular formula is C25H29N3O3. The molecule has 2 heterocycles. The summed E-state index contributed by atoms with van der Waals surface area (Å²) in [4.78, 5) is 41.5. The fraction of sp³-hybridized carbons (Fsp3) is 0.400. The van der Waals surface area contributed by atoms with Gasteiger partial charge in [-0.25, -0.2) is 0 Å². The summed E-state index contributed by atoms with van der Waals surface area (Å²) in [5.74, 6) is 0.440. The maximum absolute atomic E-state index is 12.8. The average molecular weight is 420 g/mol. The Morgan fingerprint density at radius 3 is 2.19 bits per heavy atom. The maximum atomic E-state index is 12.8. The number of hydrogen-bond acceptors (Lipinski definition) is 3. The highest BCUT2D eigenvalue weighted by molar-refractivity contribution is 6.03. The summed E-state index contributed by atoms with van der Waals surface area (Å²) in [5.41, 5.74) is 2.07. The van der Waals surface area contributed by atoms with Crippen LogP contribution in [0.3, 0.4) is 0 Å². The van der Waals surface area contributed by atoms with E-state index < -0.39 is 5.92 Å². The zero-order chi connectivity index (χ0) is 22.0. The zero-order valence-corrected chi connectivity index (χ0v) is 18.1. The highest BCUT2D eigenvalue weighted by atomic mass is 16.2. The van der Waals surface area contributed by atoms with E-state index in [4.69, 9.17) is 0 Å². The van der Waals surface area contributed by atoms with Crippen molar-refractivity contribution in [1.82, 2.24) is 4.90 Å². The van der Waals surface area contributed by atoms with Crippen LogP contribution < -0.4 is 10.2 Å². The molecule has 2 saturated heterocycles. The Morgan fingerprint density at radius 2 is 1.55 bits per heavy atom. The van der Waals surface area contributed by atoms with Crippen LogP contribution in [0.2, 0.25) is 0 Å². The molecule has 6 heteroatoms. The van der Waals surface area contributed by atoms with Crippen LogP contribution in [0.15, 0.2) is 54.6 Å². The molecule has 3 amide bonds. The molecule has 0 radical (unpaired) electrons. The third kappa shape index (κ3) is 4.79. The number of nitrogens with zero attached hydrogens (tertiary/aromatic N) is 2. The molecule has 0 saturated carbocycles. The highest BCUT2D eigenvalue weighted by Crippen LogP contribution is 2.26. The van der Waals surface area contributed by atoms with E-state index in [2.05, 4.69) is 19.2 Å². The first-order valence-corrected chi connectivity index (χ1v) is 11.0. The molecule has 1 N–H and O–H groups in total. The zero-order valence-electron chi connectivity index (χ0n) is 18.1. The van der Waals surface area contributed by atoms with Gasteiger partial charge in [0.05, 0.1) is 5.92 Å². The molecule has 0 spiro atoms. The van der Waals surface area contributed by atoms with Crippen molar-refractivity contribution in [3.63, 3.8) is 0 Å². The summed E-state index contributed by atoms with van der Waals surface area (Å²) < 4.78 is 0. The van der Waals surface area contributed by atoms with Crippen LogP contribution in [0, 0.1) is 17.8 Å². The third-order valence-electron chi connectivity index (χ3n) is 6.12. The Kier molecular flexibility index (Phi) is 6.07. The van der Waals surface area contributed by atoms with Gasteiger partial charge in [0.15, 0.2) is 0 Å². The molecular weight excluding hydrogens is 390 g/mol. The van der Waals surface area contributed by atoms with Crippen LogP contribution in [-0.2, 0) is 9.59 Å². The standard InChI is InChI=1S/C25H29N3O3/c1-17-12-18(2)15-27(14-17)25(31)19-8-10-21(11-9-19)26-24(30)20-13-23(29)28(16-20)22-6-4-3-5-7-22/h3-11,17-18,20H,12-16H2,1-2H3,(H,26,30). The minimum absolute atomic E-state index is 0.0381. The van der Waals surface area contributed by atoms with Gasteiger partial charge >= 0.3 is 0 Å². The Morgan fingerprint density at radius 1 is 0.903 bits per heavy atom. The topological polar surface area (TPSA) is 69.7 Å². The molecule has 2 aliphatic heterocycles. The van der Waals surface area contributed by atoms with E-state index in [0.29, 0.717) is 29.6 Å². The van der Waals surface area contributed by atoms with Gasteiger partial charge in [0.2, 0.25) is 11.8 Å². The maximum Gasteiger partial charge on any atom is 0.253 e. The van der Waals surface area contributed by atoms with Crippen LogP contribution in [0.1, 0.15) is 37.0 Å². The number of likely N-dealkylation sites (tertiary alicyclic amines) is 1. The molecule has 2 fully saturated rings. The molecule has 0 aliphatic carbocycles. The van der Waals surface area contributed by atoms with Crippen molar-refractivity contribution in [1.29, 1.82) is 0 Å². The summed E-state index contributed by atoms with van der Waals surface area (Å²) in [6, 6.07) is 16.4. The Labute approximate surface area is 183 Å². The van der Waals surface area contributed by atoms with Crippen LogP contribution in [0.4, 0.5) is 11.4 Å². The molecule has 31 heavy (non-hydrogen) atoms. The first kappa shape index (κ1) is 21.1. The van der Waals surface area contributed by atoms with Crippen LogP contribution in [0.25, 0.3) is 0 Å². The van der Waals surface area contributed by atoms with Crippen molar-refractivity contribution in [2.75, 3.05) is 29.9 Å². The first-order chi connectivity index (χ1) is 14.9. The summed E-state index contributed by atoms with van der Waals surface area (Å²) in [6.45, 7) is 6.31. The number of carbonyl (C=O) groups is 3. The van der Waals surface area contributed by atoms with Crippen molar-refractivity contribution >= 4 is 29.1 Å². The lowest BCUT2D eigenvalue weighted by atomic mass is 9.91. The van der Waals surface area contributed by atoms with Crippen LogP contribution in [0.5, 0.6) is 0 Å². The van der Waals surface area contributed by atoms with Crippen molar-refractivity contribution in [2.45, 2.75) is 26.7 Å². The molecule has 2 aromatic rings. The van der Waals surface area contributed by atoms with Gasteiger partial charge in [-0.3, -0.25) is 14.4 Å². The van der Waals surface area contributed by atoms with E-state index in [9.17, 15) is 14.4 Å². The number of carbonyl (C=O) groups excluding carboxylic acids is 3. The predicted octanol–water partition coefficient (Wildman–Crippen LogP) is 3.80. The van der Waals surface area contributed by atoms with Crippen molar-refractivity contribution in [3.05, 3.63) is 60.2 Å². The SMILES string of the molecule is CC1CC(C)CN(C(=O)c2ccc(NC(=O)C3CC(=O)N(c4ccccc4)C3)cc2)C1. The van der Waals surface area contributed by atoms with Gasteiger partial charge in [-0.1, -0.05) is 32.0 Å². The van der Waals surface area contributed by atoms with E-state index in [-0.39, 0.29) is 24.1 Å². The van der Waals surface area contributed by atoms with E-state index >= 15 is 0 Å². The van der Waals surface area contributed by atoms with E-state index in [1.54, 1.807) is 29.2 Å². The average Bonchev–Trinajstić information content (AvgIpc) is 3.15. The molecule has 4 rings (SSSR count). The second-order valence-corrected chi connectivity index (χ2v) is 8.96. The van der Waals surface area contributed by atoms with Gasteiger partial charge in [-0.05, 0) is 54.7 Å². The second kappa shape index (κ2) is 8.92. The van der Waals surface area contributed by atoms with Crippen molar-refractivity contribution in [3.8, 4) is 0 Å². The first-order valence-electron chi connectivity index (χ1n) is 11.0. The fourth-order valence-electron chi connectivity index (χ4n) is 4.69. The molecule has 2 aromatic carbocycles. The Bertz CT molecular complexity index is 948. The fourth-order valence-corrected chi connectivity index (χ4v) is 4.69. The lowest BCUT2D eigenvalue weighted by Crippen LogP contribution is -2.42. The number of nitrogens with one attached hydrogen (secondary N) is 1. The molecule has 0 aromatic heterocycles. The van der Waals surface area contributed by atoms with Gasteiger partial charge in [-0.15, -0.1) is 0 Å². The number of para-hydroxylation sites is 1. The molecule has 2 aliphatic rings. The number of anilines is 2. The number of amides is 3. The molecule has 162 valence electrons. The number of rotatable bonds is 4. The number of hydrogen-bond donors (Lipinski definition) is 1. The van der Waals surface area contributed by atoms with Gasteiger partial charge in [0.25, 0.3) is 5.91 Å².